The van der Waals surface area contributed by atoms with E-state index in [0.717, 1.165) is 30.6 Å². The number of carbonyl (C=O) groups excluding carboxylic acids is 1. The van der Waals surface area contributed by atoms with Gasteiger partial charge in [-0.2, -0.15) is 5.10 Å². The zero-order valence-electron chi connectivity index (χ0n) is 13.3. The summed E-state index contributed by atoms with van der Waals surface area (Å²) < 4.78 is 14.6. The highest BCUT2D eigenvalue weighted by molar-refractivity contribution is 5.74. The number of halogens is 1. The number of rotatable bonds is 5. The van der Waals surface area contributed by atoms with Gasteiger partial charge in [0.2, 0.25) is 0 Å². The van der Waals surface area contributed by atoms with E-state index in [1.807, 2.05) is 6.07 Å². The van der Waals surface area contributed by atoms with Crippen molar-refractivity contribution in [1.82, 2.24) is 20.4 Å². The molecule has 2 amide bonds. The number of benzene rings is 1. The number of aliphatic hydroxyl groups excluding tert-OH is 1. The Bertz CT molecular complexity index is 686. The summed E-state index contributed by atoms with van der Waals surface area (Å²) in [5, 5.41) is 19.7. The minimum absolute atomic E-state index is 0.150. The van der Waals surface area contributed by atoms with Gasteiger partial charge >= 0.3 is 6.03 Å². The van der Waals surface area contributed by atoms with Gasteiger partial charge in [-0.1, -0.05) is 0 Å². The highest BCUT2D eigenvalue weighted by atomic mass is 19.1. The molecule has 3 rings (SSSR count). The minimum atomic E-state index is -0.442. The first-order chi connectivity index (χ1) is 11.6. The van der Waals surface area contributed by atoms with Crippen molar-refractivity contribution in [1.29, 1.82) is 0 Å². The van der Waals surface area contributed by atoms with Crippen LogP contribution in [-0.2, 0) is 6.42 Å². The normalized spacial score (nSPS) is 20.1. The van der Waals surface area contributed by atoms with Crippen molar-refractivity contribution in [3.05, 3.63) is 48.0 Å². The zero-order chi connectivity index (χ0) is 16.9. The molecule has 1 fully saturated rings. The van der Waals surface area contributed by atoms with Crippen LogP contribution in [0.25, 0.3) is 5.69 Å². The van der Waals surface area contributed by atoms with Crippen LogP contribution in [-0.4, -0.2) is 39.6 Å². The molecular weight excluding hydrogens is 311 g/mol. The molecule has 2 aromatic rings. The molecule has 24 heavy (non-hydrogen) atoms. The van der Waals surface area contributed by atoms with Crippen LogP contribution in [0, 0.1) is 5.82 Å². The SMILES string of the molecule is O=C(NCCc1ccn(-c2ccc(F)cc2)n1)N[C@H]1CCC[C@@H]1O. The van der Waals surface area contributed by atoms with Crippen LogP contribution >= 0.6 is 0 Å². The maximum Gasteiger partial charge on any atom is 0.315 e. The van der Waals surface area contributed by atoms with Crippen molar-refractivity contribution in [3.63, 3.8) is 0 Å². The first kappa shape index (κ1) is 16.4. The average molecular weight is 332 g/mol. The third-order valence-corrected chi connectivity index (χ3v) is 4.20. The number of nitrogens with one attached hydrogen (secondary N) is 2. The Balaban J connectivity index is 1.45. The second kappa shape index (κ2) is 7.44. The van der Waals surface area contributed by atoms with E-state index in [4.69, 9.17) is 0 Å². The monoisotopic (exact) mass is 332 g/mol. The van der Waals surface area contributed by atoms with E-state index < -0.39 is 6.10 Å². The van der Waals surface area contributed by atoms with Crippen molar-refractivity contribution >= 4 is 6.03 Å². The molecule has 1 aromatic carbocycles. The van der Waals surface area contributed by atoms with Crippen molar-refractivity contribution in [2.75, 3.05) is 6.54 Å². The summed E-state index contributed by atoms with van der Waals surface area (Å²) >= 11 is 0. The first-order valence-electron chi connectivity index (χ1n) is 8.15. The summed E-state index contributed by atoms with van der Waals surface area (Å²) in [5.41, 5.74) is 1.61. The summed E-state index contributed by atoms with van der Waals surface area (Å²) in [4.78, 5) is 11.8. The van der Waals surface area contributed by atoms with Crippen LogP contribution in [0.2, 0.25) is 0 Å². The lowest BCUT2D eigenvalue weighted by atomic mass is 10.2. The van der Waals surface area contributed by atoms with Crippen LogP contribution in [0.1, 0.15) is 25.0 Å². The van der Waals surface area contributed by atoms with E-state index in [-0.39, 0.29) is 17.9 Å². The Hall–Kier alpha value is -2.41. The lowest BCUT2D eigenvalue weighted by Gasteiger charge is -2.16. The molecule has 1 heterocycles. The van der Waals surface area contributed by atoms with Crippen LogP contribution in [0.15, 0.2) is 36.5 Å². The topological polar surface area (TPSA) is 79.2 Å². The number of hydrogen-bond acceptors (Lipinski definition) is 3. The van der Waals surface area contributed by atoms with E-state index in [0.29, 0.717) is 13.0 Å². The quantitative estimate of drug-likeness (QED) is 0.781. The molecule has 1 aliphatic rings. The Morgan fingerprint density at radius 2 is 2.08 bits per heavy atom. The molecule has 0 saturated heterocycles. The largest absolute Gasteiger partial charge is 0.391 e. The molecule has 7 heteroatoms. The Morgan fingerprint density at radius 3 is 2.79 bits per heavy atom. The van der Waals surface area contributed by atoms with Gasteiger partial charge in [-0.05, 0) is 49.6 Å². The fraction of sp³-hybridized carbons (Fsp3) is 0.412. The van der Waals surface area contributed by atoms with Crippen molar-refractivity contribution in [2.45, 2.75) is 37.8 Å². The molecule has 0 radical (unpaired) electrons. The van der Waals surface area contributed by atoms with Gasteiger partial charge in [0.15, 0.2) is 0 Å². The molecule has 2 atom stereocenters. The lowest BCUT2D eigenvalue weighted by Crippen LogP contribution is -2.45. The fourth-order valence-corrected chi connectivity index (χ4v) is 2.86. The maximum absolute atomic E-state index is 12.9. The van der Waals surface area contributed by atoms with Gasteiger partial charge in [0, 0.05) is 19.2 Å². The standard InChI is InChI=1S/C17H21FN4O2/c18-12-4-6-14(7-5-12)22-11-9-13(21-22)8-10-19-17(24)20-15-2-1-3-16(15)23/h4-7,9,11,15-16,23H,1-3,8,10H2,(H2,19,20,24)/t15-,16-/m0/s1. The summed E-state index contributed by atoms with van der Waals surface area (Å²) in [6, 6.07) is 7.54. The Kier molecular flexibility index (Phi) is 5.10. The number of aromatic nitrogens is 2. The fourth-order valence-electron chi connectivity index (χ4n) is 2.86. The van der Waals surface area contributed by atoms with Crippen LogP contribution in [0.3, 0.4) is 0 Å². The number of carbonyl (C=O) groups is 1. The van der Waals surface area contributed by atoms with Gasteiger partial charge in [-0.25, -0.2) is 13.9 Å². The molecule has 0 bridgehead atoms. The van der Waals surface area contributed by atoms with Crippen molar-refractivity contribution < 1.29 is 14.3 Å². The van der Waals surface area contributed by atoms with Gasteiger partial charge in [0.05, 0.1) is 23.5 Å². The zero-order valence-corrected chi connectivity index (χ0v) is 13.3. The number of aliphatic hydroxyl groups is 1. The maximum atomic E-state index is 12.9. The molecule has 0 unspecified atom stereocenters. The molecular formula is C17H21FN4O2. The van der Waals surface area contributed by atoms with Crippen molar-refractivity contribution in [2.24, 2.45) is 0 Å². The minimum Gasteiger partial charge on any atom is -0.391 e. The second-order valence-electron chi connectivity index (χ2n) is 5.98. The van der Waals surface area contributed by atoms with Crippen molar-refractivity contribution in [3.8, 4) is 5.69 Å². The van der Waals surface area contributed by atoms with Gasteiger partial charge < -0.3 is 15.7 Å². The third-order valence-electron chi connectivity index (χ3n) is 4.20. The van der Waals surface area contributed by atoms with E-state index in [2.05, 4.69) is 15.7 Å². The molecule has 128 valence electrons. The van der Waals surface area contributed by atoms with E-state index in [1.54, 1.807) is 23.0 Å². The van der Waals surface area contributed by atoms with Crippen LogP contribution in [0.5, 0.6) is 0 Å². The van der Waals surface area contributed by atoms with Gasteiger partial charge in [0.1, 0.15) is 5.82 Å². The van der Waals surface area contributed by atoms with Gasteiger partial charge in [-0.3, -0.25) is 0 Å². The van der Waals surface area contributed by atoms with Crippen LogP contribution < -0.4 is 10.6 Å². The third kappa shape index (κ3) is 4.11. The highest BCUT2D eigenvalue weighted by Gasteiger charge is 2.26. The predicted molar refractivity (Wildman–Crippen MR) is 87.4 cm³/mol. The molecule has 0 spiro atoms. The van der Waals surface area contributed by atoms with Gasteiger partial charge in [-0.15, -0.1) is 0 Å². The Labute approximate surface area is 139 Å². The predicted octanol–water partition coefficient (Wildman–Crippen LogP) is 1.77. The van der Waals surface area contributed by atoms with Gasteiger partial charge in [0.25, 0.3) is 0 Å². The van der Waals surface area contributed by atoms with E-state index in [9.17, 15) is 14.3 Å². The molecule has 1 saturated carbocycles. The van der Waals surface area contributed by atoms with E-state index >= 15 is 0 Å². The first-order valence-corrected chi connectivity index (χ1v) is 8.15. The summed E-state index contributed by atoms with van der Waals surface area (Å²) in [6.07, 6.45) is 4.45. The summed E-state index contributed by atoms with van der Waals surface area (Å²) in [7, 11) is 0. The number of hydrogen-bond donors (Lipinski definition) is 3. The molecule has 0 aliphatic heterocycles. The highest BCUT2D eigenvalue weighted by Crippen LogP contribution is 2.18. The summed E-state index contributed by atoms with van der Waals surface area (Å²) in [5.74, 6) is -0.284. The molecule has 3 N–H and O–H groups in total. The Morgan fingerprint density at radius 1 is 1.29 bits per heavy atom. The number of urea groups is 1. The van der Waals surface area contributed by atoms with E-state index in [1.165, 1.54) is 12.1 Å². The average Bonchev–Trinajstić information content (AvgIpc) is 3.18. The van der Waals surface area contributed by atoms with Crippen LogP contribution in [0.4, 0.5) is 9.18 Å². The second-order valence-corrected chi connectivity index (χ2v) is 5.98. The smallest absolute Gasteiger partial charge is 0.315 e. The summed E-state index contributed by atoms with van der Waals surface area (Å²) in [6.45, 7) is 0.453. The molecule has 1 aliphatic carbocycles. The number of nitrogens with zero attached hydrogens (tertiary/aromatic N) is 2. The lowest BCUT2D eigenvalue weighted by molar-refractivity contribution is 0.149. The molecule has 1 aromatic heterocycles. The molecule has 6 nitrogen and oxygen atoms in total. The number of amides is 2.